The second-order valence-corrected chi connectivity index (χ2v) is 13.3. The molecular weight excluding hydrogens is 620 g/mol. The number of carbonyl (C=O) groups excluding carboxylic acids is 1. The maximum Gasteiger partial charge on any atom is 0.274 e. The summed E-state index contributed by atoms with van der Waals surface area (Å²) in [6, 6.07) is 13.7. The quantitative estimate of drug-likeness (QED) is 0.283. The van der Waals surface area contributed by atoms with Crippen molar-refractivity contribution in [1.82, 2.24) is 9.47 Å². The zero-order valence-electron chi connectivity index (χ0n) is 25.7. The van der Waals surface area contributed by atoms with E-state index in [2.05, 4.69) is 6.07 Å². The van der Waals surface area contributed by atoms with Gasteiger partial charge in [0, 0.05) is 36.3 Å². The zero-order valence-corrected chi connectivity index (χ0v) is 26.5. The molecule has 47 heavy (non-hydrogen) atoms. The number of allylic oxidation sites excluding steroid dienone is 1. The number of thiazole rings is 1. The number of amides is 1. The third-order valence-electron chi connectivity index (χ3n) is 9.51. The van der Waals surface area contributed by atoms with Gasteiger partial charge < -0.3 is 10.6 Å². The maximum atomic E-state index is 15.2. The number of hydrogen-bond acceptors (Lipinski definition) is 9. The van der Waals surface area contributed by atoms with E-state index in [9.17, 15) is 30.3 Å². The molecule has 0 spiro atoms. The first-order valence-electron chi connectivity index (χ1n) is 15.9. The van der Waals surface area contributed by atoms with E-state index in [1.54, 1.807) is 6.08 Å². The fraction of sp³-hybridized carbons (Fsp3) is 0.382. The molecule has 0 saturated heterocycles. The number of non-ortho nitro benzene ring substituents is 2. The van der Waals surface area contributed by atoms with E-state index in [1.807, 2.05) is 4.90 Å². The van der Waals surface area contributed by atoms with Gasteiger partial charge in [0.15, 0.2) is 0 Å². The van der Waals surface area contributed by atoms with Crippen LogP contribution in [0.2, 0.25) is 0 Å². The van der Waals surface area contributed by atoms with Crippen LogP contribution in [0.5, 0.6) is 0 Å². The largest absolute Gasteiger partial charge is 0.384 e. The molecule has 2 saturated carbocycles. The van der Waals surface area contributed by atoms with E-state index in [0.717, 1.165) is 75.5 Å². The van der Waals surface area contributed by atoms with Crippen LogP contribution < -0.4 is 20.5 Å². The average Bonchev–Trinajstić information content (AvgIpc) is 3.41. The number of aromatic nitrogens is 1. The second kappa shape index (κ2) is 13.3. The minimum absolute atomic E-state index is 0.0173. The summed E-state index contributed by atoms with van der Waals surface area (Å²) in [5.41, 5.74) is 7.15. The van der Waals surface area contributed by atoms with Crippen LogP contribution in [0.3, 0.4) is 0 Å². The number of rotatable bonds is 7. The number of nitro benzene ring substituents is 2. The lowest BCUT2D eigenvalue weighted by molar-refractivity contribution is -0.385. The molecule has 1 atom stereocenters. The molecule has 12 nitrogen and oxygen atoms in total. The molecule has 3 aromatic rings. The summed E-state index contributed by atoms with van der Waals surface area (Å²) in [7, 11) is 0. The summed E-state index contributed by atoms with van der Waals surface area (Å²) in [5, 5.41) is 33.1. The fourth-order valence-corrected chi connectivity index (χ4v) is 8.38. The SMILES string of the molecule is N#CC1=C(N)n2c(s/c(=C/c3ccc([N+](=O)[O-])cc3)c2=O)=C(C(=O)N(C2CCCCC2)C2CCCCC2)C1c1ccc([N+](=O)[O-])cc1. The van der Waals surface area contributed by atoms with E-state index < -0.39 is 21.3 Å². The summed E-state index contributed by atoms with van der Waals surface area (Å²) < 4.78 is 1.78. The molecule has 0 radical (unpaired) electrons. The van der Waals surface area contributed by atoms with Crippen LogP contribution in [0, 0.1) is 31.6 Å². The normalized spacial score (nSPS) is 19.3. The van der Waals surface area contributed by atoms with Crippen molar-refractivity contribution in [2.24, 2.45) is 5.73 Å². The van der Waals surface area contributed by atoms with Gasteiger partial charge in [-0.2, -0.15) is 5.26 Å². The number of nitro groups is 2. The highest BCUT2D eigenvalue weighted by Crippen LogP contribution is 2.40. The number of hydrogen-bond donors (Lipinski definition) is 1. The van der Waals surface area contributed by atoms with Gasteiger partial charge in [0.2, 0.25) is 0 Å². The third-order valence-corrected chi connectivity index (χ3v) is 10.6. The van der Waals surface area contributed by atoms with Crippen LogP contribution in [0.15, 0.2) is 58.9 Å². The van der Waals surface area contributed by atoms with E-state index in [1.165, 1.54) is 53.1 Å². The monoisotopic (exact) mass is 654 g/mol. The molecule has 2 N–H and O–H groups in total. The predicted molar refractivity (Wildman–Crippen MR) is 177 cm³/mol. The summed E-state index contributed by atoms with van der Waals surface area (Å²) >= 11 is 1.08. The van der Waals surface area contributed by atoms with Gasteiger partial charge >= 0.3 is 0 Å². The Morgan fingerprint density at radius 2 is 1.40 bits per heavy atom. The molecular formula is C34H34N6O6S. The molecule has 6 rings (SSSR count). The standard InChI is InChI=1S/C34H34N6O6S/c35-20-27-29(22-13-17-26(18-14-22)40(45)46)30(33(42)37(23-7-3-1-4-8-23)24-9-5-2-6-10-24)34-38(31(27)36)32(41)28(47-34)19-21-11-15-25(16-12-21)39(43)44/h11-19,23-24,29H,1-10,36H2/b28-19+. The van der Waals surface area contributed by atoms with Crippen LogP contribution in [-0.2, 0) is 4.79 Å². The Kier molecular flexibility index (Phi) is 9.04. The highest BCUT2D eigenvalue weighted by atomic mass is 32.1. The minimum Gasteiger partial charge on any atom is -0.384 e. The fourth-order valence-electron chi connectivity index (χ4n) is 7.21. The zero-order chi connectivity index (χ0) is 33.2. The lowest BCUT2D eigenvalue weighted by atomic mass is 9.81. The van der Waals surface area contributed by atoms with Gasteiger partial charge in [-0.25, -0.2) is 0 Å². The molecule has 242 valence electrons. The molecule has 1 unspecified atom stereocenters. The number of nitrogens with zero attached hydrogens (tertiary/aromatic N) is 5. The van der Waals surface area contributed by atoms with Crippen LogP contribution in [0.1, 0.15) is 81.3 Å². The van der Waals surface area contributed by atoms with Crippen molar-refractivity contribution in [3.63, 3.8) is 0 Å². The van der Waals surface area contributed by atoms with Crippen molar-refractivity contribution in [2.45, 2.75) is 82.2 Å². The number of nitrogens with two attached hydrogens (primary N) is 1. The van der Waals surface area contributed by atoms with Gasteiger partial charge in [0.05, 0.1) is 37.5 Å². The molecule has 13 heteroatoms. The number of carbonyl (C=O) groups is 1. The van der Waals surface area contributed by atoms with Gasteiger partial charge in [-0.15, -0.1) is 11.3 Å². The van der Waals surface area contributed by atoms with E-state index in [-0.39, 0.29) is 50.9 Å². The van der Waals surface area contributed by atoms with Crippen molar-refractivity contribution in [2.75, 3.05) is 0 Å². The first-order valence-corrected chi connectivity index (χ1v) is 16.7. The van der Waals surface area contributed by atoms with Crippen molar-refractivity contribution in [3.8, 4) is 6.07 Å². The van der Waals surface area contributed by atoms with E-state index in [0.29, 0.717) is 15.8 Å². The molecule has 1 amide bonds. The van der Waals surface area contributed by atoms with Crippen molar-refractivity contribution < 1.29 is 14.6 Å². The third kappa shape index (κ3) is 6.08. The smallest absolute Gasteiger partial charge is 0.274 e. The molecule has 2 aliphatic carbocycles. The van der Waals surface area contributed by atoms with Crippen LogP contribution in [0.4, 0.5) is 11.4 Å². The van der Waals surface area contributed by atoms with Crippen molar-refractivity contribution >= 4 is 46.1 Å². The minimum atomic E-state index is -0.951. The topological polar surface area (TPSA) is 178 Å². The highest BCUT2D eigenvalue weighted by molar-refractivity contribution is 7.07. The number of benzene rings is 2. The van der Waals surface area contributed by atoms with Gasteiger partial charge in [-0.1, -0.05) is 50.7 Å². The van der Waals surface area contributed by atoms with Gasteiger partial charge in [-0.05, 0) is 55.0 Å². The summed E-state index contributed by atoms with van der Waals surface area (Å²) in [4.78, 5) is 52.8. The Balaban J connectivity index is 1.61. The number of fused-ring (bicyclic) bond motifs is 1. The Morgan fingerprint density at radius 3 is 1.89 bits per heavy atom. The molecule has 2 heterocycles. The van der Waals surface area contributed by atoms with Crippen LogP contribution in [0.25, 0.3) is 17.5 Å². The van der Waals surface area contributed by atoms with Gasteiger partial charge in [0.1, 0.15) is 10.5 Å². The molecule has 2 aromatic carbocycles. The molecule has 3 aliphatic rings. The maximum absolute atomic E-state index is 15.2. The number of nitriles is 1. The van der Waals surface area contributed by atoms with Crippen LogP contribution >= 0.6 is 11.3 Å². The molecule has 1 aromatic heterocycles. The van der Waals surface area contributed by atoms with Gasteiger partial charge in [0.25, 0.3) is 22.8 Å². The van der Waals surface area contributed by atoms with Crippen molar-refractivity contribution in [1.29, 1.82) is 5.26 Å². The first-order chi connectivity index (χ1) is 22.7. The van der Waals surface area contributed by atoms with E-state index in [4.69, 9.17) is 5.73 Å². The molecule has 2 fully saturated rings. The highest BCUT2D eigenvalue weighted by Gasteiger charge is 2.41. The van der Waals surface area contributed by atoms with Crippen LogP contribution in [-0.4, -0.2) is 37.3 Å². The second-order valence-electron chi connectivity index (χ2n) is 12.3. The molecule has 0 bridgehead atoms. The summed E-state index contributed by atoms with van der Waals surface area (Å²) in [5.74, 6) is -1.30. The summed E-state index contributed by atoms with van der Waals surface area (Å²) in [6.45, 7) is 0. The Hall–Kier alpha value is -5.09. The first kappa shape index (κ1) is 31.9. The lowest BCUT2D eigenvalue weighted by Gasteiger charge is -2.43. The Labute approximate surface area is 274 Å². The van der Waals surface area contributed by atoms with E-state index >= 15 is 4.79 Å². The average molecular weight is 655 g/mol. The molecule has 1 aliphatic heterocycles. The summed E-state index contributed by atoms with van der Waals surface area (Å²) in [6.07, 6.45) is 11.3. The Morgan fingerprint density at radius 1 is 0.894 bits per heavy atom. The Bertz CT molecular complexity index is 1960. The lowest BCUT2D eigenvalue weighted by Crippen LogP contribution is -2.51. The predicted octanol–water partition coefficient (Wildman–Crippen LogP) is 4.65. The van der Waals surface area contributed by atoms with Gasteiger partial charge in [-0.3, -0.25) is 34.4 Å². The van der Waals surface area contributed by atoms with Crippen molar-refractivity contribution in [3.05, 3.63) is 105 Å².